The molecule has 1 aliphatic rings. The van der Waals surface area contributed by atoms with Gasteiger partial charge in [-0.3, -0.25) is 10.1 Å². The predicted octanol–water partition coefficient (Wildman–Crippen LogP) is 2.64. The van der Waals surface area contributed by atoms with Crippen molar-refractivity contribution in [3.8, 4) is 0 Å². The molecule has 2 rings (SSSR count). The normalized spacial score (nSPS) is 21.3. The van der Waals surface area contributed by atoms with Crippen molar-refractivity contribution in [3.05, 3.63) is 28.3 Å². The van der Waals surface area contributed by atoms with Crippen LogP contribution in [0.5, 0.6) is 0 Å². The topological polar surface area (TPSA) is 125 Å². The molecular weight excluding hydrogens is 346 g/mol. The van der Waals surface area contributed by atoms with Gasteiger partial charge >= 0.3 is 0 Å². The summed E-state index contributed by atoms with van der Waals surface area (Å²) in [5.41, 5.74) is -0.0141. The van der Waals surface area contributed by atoms with Gasteiger partial charge in [0.25, 0.3) is 5.69 Å². The highest BCUT2D eigenvalue weighted by Gasteiger charge is 2.29. The van der Waals surface area contributed by atoms with Crippen LogP contribution in [0.2, 0.25) is 0 Å². The maximum atomic E-state index is 11.8. The Kier molecular flexibility index (Phi) is 6.36. The zero-order valence-electron chi connectivity index (χ0n) is 14.5. The van der Waals surface area contributed by atoms with Gasteiger partial charge in [0.1, 0.15) is 4.90 Å². The summed E-state index contributed by atoms with van der Waals surface area (Å²) in [5, 5.41) is 19.3. The summed E-state index contributed by atoms with van der Waals surface area (Å²) in [6.07, 6.45) is 3.66. The Morgan fingerprint density at radius 1 is 1.40 bits per heavy atom. The molecule has 25 heavy (non-hydrogen) atoms. The van der Waals surface area contributed by atoms with E-state index in [2.05, 4.69) is 19.2 Å². The first kappa shape index (κ1) is 19.6. The highest BCUT2D eigenvalue weighted by Crippen LogP contribution is 2.30. The maximum Gasteiger partial charge on any atom is 0.270 e. The molecule has 0 radical (unpaired) electrons. The first-order valence-corrected chi connectivity index (χ1v) is 10.00. The summed E-state index contributed by atoms with van der Waals surface area (Å²) < 4.78 is 29.5. The fourth-order valence-corrected chi connectivity index (χ4v) is 4.02. The van der Waals surface area contributed by atoms with Gasteiger partial charge in [0.05, 0.1) is 16.7 Å². The van der Waals surface area contributed by atoms with Crippen molar-refractivity contribution in [1.29, 1.82) is 0 Å². The fraction of sp³-hybridized carbons (Fsp3) is 0.625. The predicted molar refractivity (Wildman–Crippen MR) is 94.9 cm³/mol. The van der Waals surface area contributed by atoms with E-state index in [0.29, 0.717) is 18.2 Å². The third-order valence-corrected chi connectivity index (χ3v) is 5.68. The quantitative estimate of drug-likeness (QED) is 0.561. The number of nitrogens with one attached hydrogen (secondary N) is 1. The van der Waals surface area contributed by atoms with Crippen molar-refractivity contribution in [2.24, 2.45) is 11.1 Å². The number of nitro groups is 1. The monoisotopic (exact) mass is 371 g/mol. The molecule has 1 fully saturated rings. The minimum absolute atomic E-state index is 0.0290. The number of anilines is 1. The van der Waals surface area contributed by atoms with Crippen LogP contribution in [-0.2, 0) is 14.8 Å². The van der Waals surface area contributed by atoms with Gasteiger partial charge < -0.3 is 10.1 Å². The zero-order valence-corrected chi connectivity index (χ0v) is 15.3. The largest absolute Gasteiger partial charge is 0.381 e. The van der Waals surface area contributed by atoms with Crippen molar-refractivity contribution in [3.63, 3.8) is 0 Å². The van der Waals surface area contributed by atoms with E-state index < -0.39 is 14.9 Å². The third kappa shape index (κ3) is 4.90. The van der Waals surface area contributed by atoms with E-state index in [-0.39, 0.29) is 22.7 Å². The summed E-state index contributed by atoms with van der Waals surface area (Å²) >= 11 is 0. The molecule has 1 aliphatic heterocycles. The number of nitrogens with two attached hydrogens (primary N) is 1. The minimum Gasteiger partial charge on any atom is -0.381 e. The summed E-state index contributed by atoms with van der Waals surface area (Å²) in [6, 6.07) is 3.70. The SMILES string of the molecule is CCC(CC)C1CC(Nc2ccc([N+](=O)[O-])cc2S(N)(=O)=O)CCO1. The highest BCUT2D eigenvalue weighted by atomic mass is 32.2. The van der Waals surface area contributed by atoms with Crippen LogP contribution in [0.3, 0.4) is 0 Å². The molecule has 140 valence electrons. The Balaban J connectivity index is 2.23. The molecule has 1 heterocycles. The Morgan fingerprint density at radius 3 is 2.64 bits per heavy atom. The van der Waals surface area contributed by atoms with Crippen molar-refractivity contribution in [2.75, 3.05) is 11.9 Å². The Bertz CT molecular complexity index is 718. The van der Waals surface area contributed by atoms with Crippen molar-refractivity contribution >= 4 is 21.4 Å². The molecule has 1 aromatic carbocycles. The van der Waals surface area contributed by atoms with Crippen LogP contribution in [0.25, 0.3) is 0 Å². The number of nitrogens with zero attached hydrogens (tertiary/aromatic N) is 1. The molecule has 3 N–H and O–H groups in total. The van der Waals surface area contributed by atoms with E-state index in [4.69, 9.17) is 9.88 Å². The molecule has 0 amide bonds. The number of nitro benzene ring substituents is 1. The van der Waals surface area contributed by atoms with E-state index in [0.717, 1.165) is 31.7 Å². The Hall–Kier alpha value is -1.71. The molecule has 1 aromatic rings. The van der Waals surface area contributed by atoms with Crippen molar-refractivity contribution in [1.82, 2.24) is 0 Å². The standard InChI is InChI=1S/C16H25N3O5S/c1-3-11(4-2)15-9-12(7-8-24-15)18-14-6-5-13(19(20)21)10-16(14)25(17,22)23/h5-6,10-12,15,18H,3-4,7-9H2,1-2H3,(H2,17,22,23). The van der Waals surface area contributed by atoms with Crippen LogP contribution in [0.4, 0.5) is 11.4 Å². The molecule has 2 unspecified atom stereocenters. The van der Waals surface area contributed by atoms with Crippen LogP contribution in [0.1, 0.15) is 39.5 Å². The average molecular weight is 371 g/mol. The van der Waals surface area contributed by atoms with E-state index in [1.165, 1.54) is 12.1 Å². The van der Waals surface area contributed by atoms with Gasteiger partial charge in [-0.25, -0.2) is 13.6 Å². The number of primary sulfonamides is 1. The van der Waals surface area contributed by atoms with Crippen LogP contribution in [0, 0.1) is 16.0 Å². The lowest BCUT2D eigenvalue weighted by atomic mass is 9.89. The second-order valence-corrected chi connectivity index (χ2v) is 7.86. The molecule has 0 spiro atoms. The van der Waals surface area contributed by atoms with E-state index in [1.54, 1.807) is 0 Å². The molecule has 9 heteroatoms. The Labute approximate surface area is 147 Å². The van der Waals surface area contributed by atoms with E-state index in [9.17, 15) is 18.5 Å². The lowest BCUT2D eigenvalue weighted by molar-refractivity contribution is -0.385. The number of ether oxygens (including phenoxy) is 1. The fourth-order valence-electron chi connectivity index (χ4n) is 3.30. The molecule has 1 saturated heterocycles. The molecule has 0 saturated carbocycles. The minimum atomic E-state index is -4.08. The van der Waals surface area contributed by atoms with E-state index in [1.807, 2.05) is 0 Å². The van der Waals surface area contributed by atoms with E-state index >= 15 is 0 Å². The number of hydrogen-bond acceptors (Lipinski definition) is 6. The molecule has 0 aliphatic carbocycles. The molecule has 2 atom stereocenters. The smallest absolute Gasteiger partial charge is 0.270 e. The first-order chi connectivity index (χ1) is 11.8. The third-order valence-electron chi connectivity index (χ3n) is 4.73. The summed E-state index contributed by atoms with van der Waals surface area (Å²) in [5.74, 6) is 0.458. The highest BCUT2D eigenvalue weighted by molar-refractivity contribution is 7.89. The van der Waals surface area contributed by atoms with Crippen LogP contribution < -0.4 is 10.5 Å². The number of sulfonamides is 1. The van der Waals surface area contributed by atoms with Crippen molar-refractivity contribution in [2.45, 2.75) is 56.6 Å². The summed E-state index contributed by atoms with van der Waals surface area (Å²) in [4.78, 5) is 10.00. The zero-order chi connectivity index (χ0) is 18.6. The number of non-ortho nitro benzene ring substituents is 1. The number of hydrogen-bond donors (Lipinski definition) is 2. The lowest BCUT2D eigenvalue weighted by Gasteiger charge is -2.35. The van der Waals surface area contributed by atoms with Gasteiger partial charge in [-0.2, -0.15) is 0 Å². The molecule has 8 nitrogen and oxygen atoms in total. The molecular formula is C16H25N3O5S. The van der Waals surface area contributed by atoms with Crippen LogP contribution in [-0.4, -0.2) is 32.1 Å². The number of rotatable bonds is 7. The molecule has 0 aromatic heterocycles. The number of benzene rings is 1. The average Bonchev–Trinajstić information content (AvgIpc) is 2.55. The second-order valence-electron chi connectivity index (χ2n) is 6.33. The van der Waals surface area contributed by atoms with Crippen molar-refractivity contribution < 1.29 is 18.1 Å². The first-order valence-electron chi connectivity index (χ1n) is 8.45. The van der Waals surface area contributed by atoms with Crippen LogP contribution in [0.15, 0.2) is 23.1 Å². The second kappa shape index (κ2) is 8.11. The molecule has 0 bridgehead atoms. The summed E-state index contributed by atoms with van der Waals surface area (Å²) in [7, 11) is -4.08. The summed E-state index contributed by atoms with van der Waals surface area (Å²) in [6.45, 7) is 4.85. The van der Waals surface area contributed by atoms with Gasteiger partial charge in [0, 0.05) is 24.8 Å². The van der Waals surface area contributed by atoms with Gasteiger partial charge in [0.15, 0.2) is 0 Å². The Morgan fingerprint density at radius 2 is 2.08 bits per heavy atom. The van der Waals surface area contributed by atoms with Gasteiger partial charge in [-0.05, 0) is 24.8 Å². The van der Waals surface area contributed by atoms with Gasteiger partial charge in [-0.1, -0.05) is 26.7 Å². The lowest BCUT2D eigenvalue weighted by Crippen LogP contribution is -2.38. The maximum absolute atomic E-state index is 11.8. The van der Waals surface area contributed by atoms with Gasteiger partial charge in [0.2, 0.25) is 10.0 Å². The van der Waals surface area contributed by atoms with Gasteiger partial charge in [-0.15, -0.1) is 0 Å². The van der Waals surface area contributed by atoms with Crippen LogP contribution >= 0.6 is 0 Å².